The van der Waals surface area contributed by atoms with Crippen LogP contribution in [0.1, 0.15) is 33.6 Å². The number of alkyl carbamates (subject to hydrolysis) is 1. The average molecular weight is 241 g/mol. The summed E-state index contributed by atoms with van der Waals surface area (Å²) in [7, 11) is 0. The van der Waals surface area contributed by atoms with Gasteiger partial charge in [-0.05, 0) is 45.4 Å². The van der Waals surface area contributed by atoms with Crippen LogP contribution in [0.5, 0.6) is 0 Å². The fourth-order valence-corrected chi connectivity index (χ4v) is 2.28. The van der Waals surface area contributed by atoms with Crippen molar-refractivity contribution >= 4 is 12.1 Å². The molecule has 2 saturated carbocycles. The zero-order valence-electron chi connectivity index (χ0n) is 10.4. The van der Waals surface area contributed by atoms with Gasteiger partial charge in [0.05, 0.1) is 5.92 Å². The van der Waals surface area contributed by atoms with E-state index < -0.39 is 17.7 Å². The van der Waals surface area contributed by atoms with Gasteiger partial charge in [0.1, 0.15) is 5.60 Å². The van der Waals surface area contributed by atoms with Gasteiger partial charge < -0.3 is 15.2 Å². The summed E-state index contributed by atoms with van der Waals surface area (Å²) >= 11 is 0. The molecule has 2 fully saturated rings. The molecule has 0 spiro atoms. The Balaban J connectivity index is 1.71. The van der Waals surface area contributed by atoms with Gasteiger partial charge in [0, 0.05) is 6.04 Å². The summed E-state index contributed by atoms with van der Waals surface area (Å²) in [5, 5.41) is 11.6. The van der Waals surface area contributed by atoms with Crippen molar-refractivity contribution in [2.45, 2.75) is 45.3 Å². The van der Waals surface area contributed by atoms with Crippen LogP contribution in [0, 0.1) is 17.8 Å². The predicted molar refractivity (Wildman–Crippen MR) is 60.5 cm³/mol. The van der Waals surface area contributed by atoms with Crippen LogP contribution in [0.3, 0.4) is 0 Å². The monoisotopic (exact) mass is 241 g/mol. The summed E-state index contributed by atoms with van der Waals surface area (Å²) in [5.74, 6) is -0.306. The van der Waals surface area contributed by atoms with E-state index in [2.05, 4.69) is 5.32 Å². The van der Waals surface area contributed by atoms with E-state index in [4.69, 9.17) is 9.84 Å². The number of aliphatic carboxylic acids is 1. The highest BCUT2D eigenvalue weighted by Crippen LogP contribution is 2.54. The van der Waals surface area contributed by atoms with Crippen LogP contribution in [-0.2, 0) is 9.53 Å². The van der Waals surface area contributed by atoms with E-state index in [1.54, 1.807) is 0 Å². The first-order valence-electron chi connectivity index (χ1n) is 6.00. The van der Waals surface area contributed by atoms with Crippen molar-refractivity contribution in [1.29, 1.82) is 0 Å². The van der Waals surface area contributed by atoms with Gasteiger partial charge in [0.15, 0.2) is 0 Å². The van der Waals surface area contributed by atoms with Gasteiger partial charge in [-0.3, -0.25) is 4.79 Å². The Hall–Kier alpha value is -1.26. The lowest BCUT2D eigenvalue weighted by molar-refractivity contribution is -0.138. The van der Waals surface area contributed by atoms with E-state index in [0.29, 0.717) is 5.92 Å². The zero-order chi connectivity index (χ0) is 12.8. The minimum absolute atomic E-state index is 0.110. The quantitative estimate of drug-likeness (QED) is 0.787. The van der Waals surface area contributed by atoms with E-state index in [1.807, 2.05) is 20.8 Å². The van der Waals surface area contributed by atoms with Crippen LogP contribution in [0.15, 0.2) is 0 Å². The molecule has 2 rings (SSSR count). The maximum absolute atomic E-state index is 11.5. The number of hydrogen-bond acceptors (Lipinski definition) is 3. The van der Waals surface area contributed by atoms with Crippen LogP contribution in [0.2, 0.25) is 0 Å². The molecule has 0 aromatic rings. The van der Waals surface area contributed by atoms with Crippen molar-refractivity contribution in [3.63, 3.8) is 0 Å². The smallest absolute Gasteiger partial charge is 0.407 e. The molecule has 2 aliphatic rings. The topological polar surface area (TPSA) is 75.6 Å². The molecule has 2 N–H and O–H groups in total. The molecule has 17 heavy (non-hydrogen) atoms. The Morgan fingerprint density at radius 3 is 2.35 bits per heavy atom. The average Bonchev–Trinajstić information content (AvgIpc) is 2.88. The Kier molecular flexibility index (Phi) is 2.79. The van der Waals surface area contributed by atoms with Crippen molar-refractivity contribution in [2.75, 3.05) is 0 Å². The second-order valence-electron chi connectivity index (χ2n) is 6.00. The molecule has 0 heterocycles. The van der Waals surface area contributed by atoms with Gasteiger partial charge in [-0.2, -0.15) is 0 Å². The second kappa shape index (κ2) is 3.89. The summed E-state index contributed by atoms with van der Waals surface area (Å²) in [6.45, 7) is 5.45. The maximum Gasteiger partial charge on any atom is 0.407 e. The highest BCUT2D eigenvalue weighted by atomic mass is 16.6. The fourth-order valence-electron chi connectivity index (χ4n) is 2.28. The molecule has 0 aromatic carbocycles. The number of rotatable bonds is 3. The molecule has 0 radical (unpaired) electrons. The molecule has 0 unspecified atom stereocenters. The number of nitrogens with one attached hydrogen (secondary N) is 1. The molecular formula is C12H19NO4. The summed E-state index contributed by atoms with van der Waals surface area (Å²) in [6.07, 6.45) is 1.23. The van der Waals surface area contributed by atoms with Crippen LogP contribution in [0.4, 0.5) is 4.79 Å². The lowest BCUT2D eigenvalue weighted by Crippen LogP contribution is -2.34. The van der Waals surface area contributed by atoms with Gasteiger partial charge in [-0.15, -0.1) is 0 Å². The minimum Gasteiger partial charge on any atom is -0.481 e. The van der Waals surface area contributed by atoms with Gasteiger partial charge in [0.2, 0.25) is 0 Å². The first-order chi connectivity index (χ1) is 7.78. The number of carbonyl (C=O) groups excluding carboxylic acids is 1. The molecule has 1 amide bonds. The maximum atomic E-state index is 11.5. The van der Waals surface area contributed by atoms with E-state index in [1.165, 1.54) is 0 Å². The number of carboxylic acids is 1. The fraction of sp³-hybridized carbons (Fsp3) is 0.833. The van der Waals surface area contributed by atoms with Crippen molar-refractivity contribution in [3.05, 3.63) is 0 Å². The van der Waals surface area contributed by atoms with Gasteiger partial charge in [0.25, 0.3) is 0 Å². The Morgan fingerprint density at radius 1 is 1.24 bits per heavy atom. The molecule has 2 aliphatic carbocycles. The molecule has 0 bridgehead atoms. The Bertz CT molecular complexity index is 347. The van der Waals surface area contributed by atoms with E-state index in [0.717, 1.165) is 12.8 Å². The second-order valence-corrected chi connectivity index (χ2v) is 6.00. The number of hydrogen-bond donors (Lipinski definition) is 2. The van der Waals surface area contributed by atoms with E-state index >= 15 is 0 Å². The number of carbonyl (C=O) groups is 2. The van der Waals surface area contributed by atoms with Crippen molar-refractivity contribution in [2.24, 2.45) is 17.8 Å². The summed E-state index contributed by atoms with van der Waals surface area (Å²) in [4.78, 5) is 22.2. The first kappa shape index (κ1) is 12.2. The van der Waals surface area contributed by atoms with Crippen LogP contribution < -0.4 is 5.32 Å². The predicted octanol–water partition coefficient (Wildman–Crippen LogP) is 1.62. The Labute approximate surface area is 101 Å². The Morgan fingerprint density at radius 2 is 1.88 bits per heavy atom. The van der Waals surface area contributed by atoms with Crippen LogP contribution in [-0.4, -0.2) is 28.8 Å². The van der Waals surface area contributed by atoms with E-state index in [-0.39, 0.29) is 17.9 Å². The molecular weight excluding hydrogens is 222 g/mol. The standard InChI is InChI=1S/C12H19NO4/c1-12(2,3)17-11(16)13-9-5-7(9)6-4-8(6)10(14)15/h6-9H,4-5H2,1-3H3,(H,13,16)(H,14,15)/t6-,7+,8-,9+/m0/s1. The van der Waals surface area contributed by atoms with Crippen LogP contribution >= 0.6 is 0 Å². The lowest BCUT2D eigenvalue weighted by atomic mass is 10.2. The van der Waals surface area contributed by atoms with Crippen molar-refractivity contribution in [3.8, 4) is 0 Å². The highest BCUT2D eigenvalue weighted by Gasteiger charge is 2.57. The zero-order valence-corrected chi connectivity index (χ0v) is 10.4. The summed E-state index contributed by atoms with van der Waals surface area (Å²) in [6, 6.07) is 0.110. The first-order valence-corrected chi connectivity index (χ1v) is 6.00. The minimum atomic E-state index is -0.710. The SMILES string of the molecule is CC(C)(C)OC(=O)N[C@@H]1C[C@@H]1[C@@H]1C[C@@H]1C(=O)O. The number of amides is 1. The van der Waals surface area contributed by atoms with Crippen LogP contribution in [0.25, 0.3) is 0 Å². The number of ether oxygens (including phenoxy) is 1. The third kappa shape index (κ3) is 3.11. The normalized spacial score (nSPS) is 35.0. The number of carboxylic acid groups (broad SMARTS) is 1. The van der Waals surface area contributed by atoms with Crippen molar-refractivity contribution in [1.82, 2.24) is 5.32 Å². The molecule has 0 aliphatic heterocycles. The summed E-state index contributed by atoms with van der Waals surface area (Å²) < 4.78 is 5.14. The van der Waals surface area contributed by atoms with Gasteiger partial charge >= 0.3 is 12.1 Å². The summed E-state index contributed by atoms with van der Waals surface area (Å²) in [5.41, 5.74) is -0.488. The molecule has 5 nitrogen and oxygen atoms in total. The van der Waals surface area contributed by atoms with E-state index in [9.17, 15) is 9.59 Å². The third-order valence-corrected chi connectivity index (χ3v) is 3.25. The lowest BCUT2D eigenvalue weighted by Gasteiger charge is -2.19. The van der Waals surface area contributed by atoms with Gasteiger partial charge in [-0.1, -0.05) is 0 Å². The molecule has 0 aromatic heterocycles. The largest absolute Gasteiger partial charge is 0.481 e. The third-order valence-electron chi connectivity index (χ3n) is 3.25. The van der Waals surface area contributed by atoms with Gasteiger partial charge in [-0.25, -0.2) is 4.79 Å². The molecule has 5 heteroatoms. The van der Waals surface area contributed by atoms with Crippen molar-refractivity contribution < 1.29 is 19.4 Å². The molecule has 0 saturated heterocycles. The molecule has 4 atom stereocenters. The highest BCUT2D eigenvalue weighted by molar-refractivity contribution is 5.74. The molecule has 96 valence electrons.